The largest absolute Gasteiger partial charge is 0.355 e. The van der Waals surface area contributed by atoms with E-state index in [0.717, 1.165) is 5.52 Å². The van der Waals surface area contributed by atoms with Crippen LogP contribution < -0.4 is 10.2 Å². The predicted octanol–water partition coefficient (Wildman–Crippen LogP) is 4.96. The van der Waals surface area contributed by atoms with Crippen LogP contribution in [-0.4, -0.2) is 34.7 Å². The third-order valence-corrected chi connectivity index (χ3v) is 5.29. The molecular weight excluding hydrogens is 400 g/mol. The third-order valence-electron chi connectivity index (χ3n) is 5.29. The van der Waals surface area contributed by atoms with Crippen LogP contribution in [0.3, 0.4) is 0 Å². The summed E-state index contributed by atoms with van der Waals surface area (Å²) in [5.74, 6) is -0.0356. The molecule has 1 heterocycles. The highest BCUT2D eigenvalue weighted by atomic mass is 16.2. The number of aromatic nitrogens is 2. The molecule has 0 spiro atoms. The van der Waals surface area contributed by atoms with Crippen molar-refractivity contribution >= 4 is 34.2 Å². The molecule has 160 valence electrons. The Bertz CT molecular complexity index is 1270. The molecule has 32 heavy (non-hydrogen) atoms. The van der Waals surface area contributed by atoms with Gasteiger partial charge in [-0.2, -0.15) is 0 Å². The second-order valence-corrected chi connectivity index (χ2v) is 7.25. The average Bonchev–Trinajstić information content (AvgIpc) is 2.84. The number of nitrogens with one attached hydrogen (secondary N) is 1. The van der Waals surface area contributed by atoms with E-state index in [-0.39, 0.29) is 11.5 Å². The Morgan fingerprint density at radius 1 is 0.781 bits per heavy atom. The number of rotatable bonds is 7. The van der Waals surface area contributed by atoms with Crippen molar-refractivity contribution in [1.29, 1.82) is 0 Å². The minimum Gasteiger partial charge on any atom is -0.355 e. The van der Waals surface area contributed by atoms with Gasteiger partial charge in [-0.1, -0.05) is 54.6 Å². The number of hydrogen-bond donors (Lipinski definition) is 1. The first-order valence-electron chi connectivity index (χ1n) is 10.6. The summed E-state index contributed by atoms with van der Waals surface area (Å²) in [6.07, 6.45) is 0. The van der Waals surface area contributed by atoms with Gasteiger partial charge >= 0.3 is 0 Å². The Morgan fingerprint density at radius 2 is 1.38 bits per heavy atom. The number of ketones is 1. The maximum atomic E-state index is 13.4. The molecule has 0 bridgehead atoms. The fourth-order valence-electron chi connectivity index (χ4n) is 3.60. The minimum absolute atomic E-state index is 0.157. The first-order valence-corrected chi connectivity index (χ1v) is 10.6. The molecule has 6 heteroatoms. The van der Waals surface area contributed by atoms with Gasteiger partial charge in [-0.3, -0.25) is 9.59 Å². The summed E-state index contributed by atoms with van der Waals surface area (Å²) in [6.45, 7) is 5.39. The van der Waals surface area contributed by atoms with Crippen LogP contribution in [0.25, 0.3) is 11.0 Å². The van der Waals surface area contributed by atoms with E-state index in [0.29, 0.717) is 41.2 Å². The zero-order valence-corrected chi connectivity index (χ0v) is 18.1. The number of carbonyl (C=O) groups is 2. The van der Waals surface area contributed by atoms with E-state index in [1.54, 1.807) is 36.4 Å². The van der Waals surface area contributed by atoms with E-state index in [1.165, 1.54) is 0 Å². The van der Waals surface area contributed by atoms with Crippen LogP contribution in [0.5, 0.6) is 0 Å². The molecule has 0 aliphatic rings. The zero-order valence-electron chi connectivity index (χ0n) is 18.1. The van der Waals surface area contributed by atoms with Crippen LogP contribution in [0, 0.1) is 0 Å². The Hall–Kier alpha value is -4.06. The number of hydrogen-bond acceptors (Lipinski definition) is 5. The molecular formula is C26H24N4O2. The van der Waals surface area contributed by atoms with Gasteiger partial charge in [-0.25, -0.2) is 9.97 Å². The van der Waals surface area contributed by atoms with Crippen molar-refractivity contribution in [3.8, 4) is 0 Å². The van der Waals surface area contributed by atoms with Crippen molar-refractivity contribution in [1.82, 2.24) is 9.97 Å². The Kier molecular flexibility index (Phi) is 6.22. The van der Waals surface area contributed by atoms with Gasteiger partial charge in [0.2, 0.25) is 0 Å². The number of para-hydroxylation sites is 3. The van der Waals surface area contributed by atoms with Crippen molar-refractivity contribution in [2.75, 3.05) is 23.3 Å². The molecule has 6 nitrogen and oxygen atoms in total. The van der Waals surface area contributed by atoms with Gasteiger partial charge in [0, 0.05) is 24.2 Å². The van der Waals surface area contributed by atoms with Gasteiger partial charge in [0.25, 0.3) is 5.91 Å². The van der Waals surface area contributed by atoms with Crippen LogP contribution in [0.15, 0.2) is 78.9 Å². The summed E-state index contributed by atoms with van der Waals surface area (Å²) in [5.41, 5.74) is 3.02. The molecule has 0 saturated heterocycles. The standard InChI is InChI=1S/C26H24N4O2/c1-3-30(4-2)25-23(27-21-16-10-11-17-22(21)28-25)26(32)29-20-15-9-8-14-19(20)24(31)18-12-6-5-7-13-18/h5-17H,3-4H2,1-2H3,(H,29,32). The molecule has 0 saturated carbocycles. The first kappa shape index (κ1) is 21.2. The van der Waals surface area contributed by atoms with E-state index >= 15 is 0 Å². The van der Waals surface area contributed by atoms with Crippen LogP contribution in [0.4, 0.5) is 11.5 Å². The molecule has 0 radical (unpaired) electrons. The van der Waals surface area contributed by atoms with Gasteiger partial charge < -0.3 is 10.2 Å². The quantitative estimate of drug-likeness (QED) is 0.425. The molecule has 4 rings (SSSR count). The zero-order chi connectivity index (χ0) is 22.5. The van der Waals surface area contributed by atoms with Crippen LogP contribution in [0.2, 0.25) is 0 Å². The van der Waals surface area contributed by atoms with Gasteiger partial charge in [-0.05, 0) is 38.1 Å². The molecule has 1 aromatic heterocycles. The maximum Gasteiger partial charge on any atom is 0.278 e. The van der Waals surface area contributed by atoms with Crippen molar-refractivity contribution < 1.29 is 9.59 Å². The second-order valence-electron chi connectivity index (χ2n) is 7.25. The lowest BCUT2D eigenvalue weighted by Crippen LogP contribution is -2.28. The Balaban J connectivity index is 1.74. The normalized spacial score (nSPS) is 10.7. The lowest BCUT2D eigenvalue weighted by Gasteiger charge is -2.22. The summed E-state index contributed by atoms with van der Waals surface area (Å²) in [4.78, 5) is 37.8. The maximum absolute atomic E-state index is 13.4. The fraction of sp³-hybridized carbons (Fsp3) is 0.154. The van der Waals surface area contributed by atoms with E-state index in [4.69, 9.17) is 4.98 Å². The van der Waals surface area contributed by atoms with Crippen LogP contribution in [-0.2, 0) is 0 Å². The molecule has 3 aromatic carbocycles. The van der Waals surface area contributed by atoms with Gasteiger partial charge in [-0.15, -0.1) is 0 Å². The van der Waals surface area contributed by atoms with E-state index < -0.39 is 5.91 Å². The second kappa shape index (κ2) is 9.39. The van der Waals surface area contributed by atoms with Crippen molar-refractivity contribution in [2.45, 2.75) is 13.8 Å². The van der Waals surface area contributed by atoms with Crippen molar-refractivity contribution in [3.05, 3.63) is 95.7 Å². The third kappa shape index (κ3) is 4.21. The summed E-state index contributed by atoms with van der Waals surface area (Å²) < 4.78 is 0. The number of anilines is 2. The molecule has 0 aliphatic heterocycles. The van der Waals surface area contributed by atoms with E-state index in [1.807, 2.05) is 61.2 Å². The number of benzene rings is 3. The van der Waals surface area contributed by atoms with Gasteiger partial charge in [0.15, 0.2) is 17.3 Å². The van der Waals surface area contributed by atoms with E-state index in [2.05, 4.69) is 10.3 Å². The smallest absolute Gasteiger partial charge is 0.278 e. The minimum atomic E-state index is -0.404. The number of fused-ring (bicyclic) bond motifs is 1. The Morgan fingerprint density at radius 3 is 2.06 bits per heavy atom. The predicted molar refractivity (Wildman–Crippen MR) is 127 cm³/mol. The lowest BCUT2D eigenvalue weighted by molar-refractivity contribution is 0.102. The summed E-state index contributed by atoms with van der Waals surface area (Å²) >= 11 is 0. The number of amides is 1. The van der Waals surface area contributed by atoms with Gasteiger partial charge in [0.05, 0.1) is 16.7 Å². The Labute approximate surface area is 186 Å². The molecule has 0 aliphatic carbocycles. The lowest BCUT2D eigenvalue weighted by atomic mass is 10.0. The molecule has 1 amide bonds. The number of carbonyl (C=O) groups excluding carboxylic acids is 2. The highest BCUT2D eigenvalue weighted by molar-refractivity contribution is 6.15. The average molecular weight is 425 g/mol. The molecule has 0 fully saturated rings. The summed E-state index contributed by atoms with van der Waals surface area (Å²) in [7, 11) is 0. The number of nitrogens with zero attached hydrogens (tertiary/aromatic N) is 3. The van der Waals surface area contributed by atoms with Crippen molar-refractivity contribution in [2.24, 2.45) is 0 Å². The summed E-state index contributed by atoms with van der Waals surface area (Å²) in [6, 6.07) is 23.5. The van der Waals surface area contributed by atoms with E-state index in [9.17, 15) is 9.59 Å². The first-order chi connectivity index (χ1) is 15.6. The molecule has 1 N–H and O–H groups in total. The fourth-order valence-corrected chi connectivity index (χ4v) is 3.60. The highest BCUT2D eigenvalue weighted by Crippen LogP contribution is 2.24. The van der Waals surface area contributed by atoms with Crippen LogP contribution >= 0.6 is 0 Å². The monoisotopic (exact) mass is 424 g/mol. The summed E-state index contributed by atoms with van der Waals surface area (Å²) in [5, 5.41) is 2.90. The van der Waals surface area contributed by atoms with Crippen molar-refractivity contribution in [3.63, 3.8) is 0 Å². The molecule has 0 unspecified atom stereocenters. The highest BCUT2D eigenvalue weighted by Gasteiger charge is 2.22. The van der Waals surface area contributed by atoms with Crippen LogP contribution in [0.1, 0.15) is 40.3 Å². The molecule has 0 atom stereocenters. The molecule has 4 aromatic rings. The SMILES string of the molecule is CCN(CC)c1nc2ccccc2nc1C(=O)Nc1ccccc1C(=O)c1ccccc1. The van der Waals surface area contributed by atoms with Gasteiger partial charge in [0.1, 0.15) is 0 Å². The topological polar surface area (TPSA) is 75.2 Å².